The Kier molecular flexibility index (Phi) is 7.17. The molecule has 3 nitrogen and oxygen atoms in total. The maximum Gasteiger partial charge on any atom is 0.0717 e. The highest BCUT2D eigenvalue weighted by atomic mass is 35.5. The van der Waals surface area contributed by atoms with Crippen LogP contribution in [0.25, 0.3) is 0 Å². The van der Waals surface area contributed by atoms with E-state index in [2.05, 4.69) is 10.3 Å². The van der Waals surface area contributed by atoms with Gasteiger partial charge in [0.05, 0.1) is 6.61 Å². The van der Waals surface area contributed by atoms with Crippen LogP contribution in [-0.4, -0.2) is 24.7 Å². The van der Waals surface area contributed by atoms with Crippen LogP contribution in [0, 0.1) is 5.92 Å². The summed E-state index contributed by atoms with van der Waals surface area (Å²) in [5, 5.41) is 3.43. The number of rotatable bonds is 5. The number of nitrogens with one attached hydrogen (secondary N) is 1. The maximum absolute atomic E-state index is 5.67. The third kappa shape index (κ3) is 5.48. The van der Waals surface area contributed by atoms with Gasteiger partial charge in [-0.1, -0.05) is 0 Å². The largest absolute Gasteiger partial charge is 0.377 e. The summed E-state index contributed by atoms with van der Waals surface area (Å²) in [5.74, 6) is 0.811. The van der Waals surface area contributed by atoms with Gasteiger partial charge < -0.3 is 10.1 Å². The van der Waals surface area contributed by atoms with Crippen molar-refractivity contribution < 1.29 is 4.74 Å². The van der Waals surface area contributed by atoms with Crippen LogP contribution >= 0.6 is 12.4 Å². The summed E-state index contributed by atoms with van der Waals surface area (Å²) in [4.78, 5) is 3.98. The molecular weight excluding hydrogens is 236 g/mol. The van der Waals surface area contributed by atoms with Crippen LogP contribution in [0.4, 0.5) is 0 Å². The van der Waals surface area contributed by atoms with Gasteiger partial charge in [0.2, 0.25) is 0 Å². The first-order valence-corrected chi connectivity index (χ1v) is 6.12. The zero-order valence-electron chi connectivity index (χ0n) is 10.1. The molecule has 1 aliphatic rings. The van der Waals surface area contributed by atoms with Gasteiger partial charge >= 0.3 is 0 Å². The van der Waals surface area contributed by atoms with Crippen LogP contribution in [-0.2, 0) is 11.3 Å². The molecule has 0 saturated carbocycles. The predicted molar refractivity (Wildman–Crippen MR) is 71.4 cm³/mol. The summed E-state index contributed by atoms with van der Waals surface area (Å²) in [6.45, 7) is 3.93. The first-order chi connectivity index (χ1) is 7.95. The third-order valence-corrected chi connectivity index (χ3v) is 3.09. The lowest BCUT2D eigenvalue weighted by Crippen LogP contribution is -2.30. The van der Waals surface area contributed by atoms with Gasteiger partial charge in [0.1, 0.15) is 0 Å². The Bertz CT molecular complexity index is 289. The van der Waals surface area contributed by atoms with Crippen LogP contribution in [0.3, 0.4) is 0 Å². The fourth-order valence-electron chi connectivity index (χ4n) is 2.09. The predicted octanol–water partition coefficient (Wildman–Crippen LogP) is 2.41. The van der Waals surface area contributed by atoms with E-state index in [0.717, 1.165) is 12.5 Å². The number of pyridine rings is 1. The van der Waals surface area contributed by atoms with Gasteiger partial charge in [-0.2, -0.15) is 0 Å². The molecule has 2 rings (SSSR count). The minimum atomic E-state index is 0. The van der Waals surface area contributed by atoms with E-state index in [0.29, 0.717) is 6.61 Å². The summed E-state index contributed by atoms with van der Waals surface area (Å²) >= 11 is 0. The molecule has 1 atom stereocenters. The van der Waals surface area contributed by atoms with Gasteiger partial charge in [-0.05, 0) is 56.0 Å². The zero-order chi connectivity index (χ0) is 11.1. The van der Waals surface area contributed by atoms with Crippen molar-refractivity contribution in [2.75, 3.05) is 19.7 Å². The Labute approximate surface area is 109 Å². The topological polar surface area (TPSA) is 34.1 Å². The molecule has 0 spiro atoms. The third-order valence-electron chi connectivity index (χ3n) is 3.09. The van der Waals surface area contributed by atoms with Gasteiger partial charge in [-0.25, -0.2) is 0 Å². The highest BCUT2D eigenvalue weighted by Crippen LogP contribution is 2.14. The minimum Gasteiger partial charge on any atom is -0.377 e. The molecule has 1 fully saturated rings. The van der Waals surface area contributed by atoms with Crippen LogP contribution in [0.5, 0.6) is 0 Å². The molecular formula is C13H21ClN2O. The Hall–Kier alpha value is -0.640. The number of halogens is 1. The number of hydrogen-bond donors (Lipinski definition) is 1. The number of aromatic nitrogens is 1. The molecule has 1 aromatic rings. The van der Waals surface area contributed by atoms with Gasteiger partial charge in [0.25, 0.3) is 0 Å². The molecule has 1 unspecified atom stereocenters. The second kappa shape index (κ2) is 8.45. The quantitative estimate of drug-likeness (QED) is 0.822. The number of hydrogen-bond acceptors (Lipinski definition) is 3. The zero-order valence-corrected chi connectivity index (χ0v) is 10.9. The molecule has 0 aliphatic carbocycles. The smallest absolute Gasteiger partial charge is 0.0717 e. The van der Waals surface area contributed by atoms with E-state index in [9.17, 15) is 0 Å². The average Bonchev–Trinajstić information content (AvgIpc) is 2.37. The molecule has 4 heteroatoms. The molecule has 1 aliphatic heterocycles. The molecule has 0 radical (unpaired) electrons. The number of piperidine rings is 1. The second-order valence-corrected chi connectivity index (χ2v) is 4.41. The van der Waals surface area contributed by atoms with Gasteiger partial charge in [-0.3, -0.25) is 4.98 Å². The van der Waals surface area contributed by atoms with Crippen LogP contribution in [0.1, 0.15) is 24.8 Å². The van der Waals surface area contributed by atoms with Crippen molar-refractivity contribution in [1.29, 1.82) is 0 Å². The van der Waals surface area contributed by atoms with Crippen molar-refractivity contribution in [3.8, 4) is 0 Å². The molecule has 1 aromatic heterocycles. The van der Waals surface area contributed by atoms with Crippen LogP contribution < -0.4 is 5.32 Å². The highest BCUT2D eigenvalue weighted by Gasteiger charge is 2.11. The summed E-state index contributed by atoms with van der Waals surface area (Å²) in [7, 11) is 0. The Morgan fingerprint density at radius 1 is 1.35 bits per heavy atom. The van der Waals surface area contributed by atoms with E-state index in [1.54, 1.807) is 0 Å². The first-order valence-electron chi connectivity index (χ1n) is 6.12. The number of nitrogens with zero attached hydrogens (tertiary/aromatic N) is 1. The summed E-state index contributed by atoms with van der Waals surface area (Å²) in [6, 6.07) is 4.00. The van der Waals surface area contributed by atoms with E-state index in [1.807, 2.05) is 24.5 Å². The van der Waals surface area contributed by atoms with E-state index in [-0.39, 0.29) is 12.4 Å². The second-order valence-electron chi connectivity index (χ2n) is 4.41. The van der Waals surface area contributed by atoms with Crippen molar-refractivity contribution in [3.63, 3.8) is 0 Å². The molecule has 1 saturated heterocycles. The van der Waals surface area contributed by atoms with E-state index in [4.69, 9.17) is 4.74 Å². The van der Waals surface area contributed by atoms with E-state index in [1.165, 1.54) is 37.9 Å². The number of ether oxygens (including phenoxy) is 1. The molecule has 0 aromatic carbocycles. The lowest BCUT2D eigenvalue weighted by atomic mass is 9.97. The van der Waals surface area contributed by atoms with Gasteiger partial charge in [0.15, 0.2) is 0 Å². The summed E-state index contributed by atoms with van der Waals surface area (Å²) in [5.41, 5.74) is 1.21. The van der Waals surface area contributed by atoms with E-state index < -0.39 is 0 Å². The first kappa shape index (κ1) is 14.4. The molecule has 0 bridgehead atoms. The summed E-state index contributed by atoms with van der Waals surface area (Å²) in [6.07, 6.45) is 7.46. The Morgan fingerprint density at radius 2 is 2.18 bits per heavy atom. The molecule has 96 valence electrons. The van der Waals surface area contributed by atoms with Crippen molar-refractivity contribution >= 4 is 12.4 Å². The van der Waals surface area contributed by atoms with Gasteiger partial charge in [-0.15, -0.1) is 12.4 Å². The van der Waals surface area contributed by atoms with E-state index >= 15 is 0 Å². The van der Waals surface area contributed by atoms with Crippen molar-refractivity contribution in [2.45, 2.75) is 25.9 Å². The standard InChI is InChI=1S/C13H20N2O.ClH/c1-2-12(10-15-6-1)5-9-16-11-13-3-7-14-8-4-13;/h3-4,7-8,12,15H,1-2,5-6,9-11H2;1H. The molecule has 0 amide bonds. The molecule has 17 heavy (non-hydrogen) atoms. The SMILES string of the molecule is Cl.c1cc(COCCC2CCCNC2)ccn1. The lowest BCUT2D eigenvalue weighted by molar-refractivity contribution is 0.103. The Balaban J connectivity index is 0.00000144. The van der Waals surface area contributed by atoms with Gasteiger partial charge in [0, 0.05) is 19.0 Å². The minimum absolute atomic E-state index is 0. The van der Waals surface area contributed by atoms with Crippen molar-refractivity contribution in [3.05, 3.63) is 30.1 Å². The van der Waals surface area contributed by atoms with Crippen LogP contribution in [0.15, 0.2) is 24.5 Å². The Morgan fingerprint density at radius 3 is 2.88 bits per heavy atom. The fraction of sp³-hybridized carbons (Fsp3) is 0.615. The fourth-order valence-corrected chi connectivity index (χ4v) is 2.09. The highest BCUT2D eigenvalue weighted by molar-refractivity contribution is 5.85. The normalized spacial score (nSPS) is 19.6. The average molecular weight is 257 g/mol. The van der Waals surface area contributed by atoms with Crippen molar-refractivity contribution in [1.82, 2.24) is 10.3 Å². The molecule has 1 N–H and O–H groups in total. The van der Waals surface area contributed by atoms with Crippen molar-refractivity contribution in [2.24, 2.45) is 5.92 Å². The monoisotopic (exact) mass is 256 g/mol. The maximum atomic E-state index is 5.67. The lowest BCUT2D eigenvalue weighted by Gasteiger charge is -2.22. The van der Waals surface area contributed by atoms with Crippen LogP contribution in [0.2, 0.25) is 0 Å². The summed E-state index contributed by atoms with van der Waals surface area (Å²) < 4.78 is 5.67. The molecule has 2 heterocycles.